The van der Waals surface area contributed by atoms with Crippen molar-refractivity contribution in [1.82, 2.24) is 0 Å². The van der Waals surface area contributed by atoms with Crippen molar-refractivity contribution in [2.24, 2.45) is 0 Å². The smallest absolute Gasteiger partial charge is 0.106 e. The third kappa shape index (κ3) is 3.40. The van der Waals surface area contributed by atoms with Crippen molar-refractivity contribution >= 4 is 15.9 Å². The van der Waals surface area contributed by atoms with E-state index in [-0.39, 0.29) is 6.10 Å². The molecule has 0 aliphatic heterocycles. The van der Waals surface area contributed by atoms with Gasteiger partial charge in [-0.1, -0.05) is 28.1 Å². The summed E-state index contributed by atoms with van der Waals surface area (Å²) >= 11 is 3.40. The van der Waals surface area contributed by atoms with Gasteiger partial charge in [-0.15, -0.1) is 0 Å². The highest BCUT2D eigenvalue weighted by molar-refractivity contribution is 9.10. The van der Waals surface area contributed by atoms with Gasteiger partial charge < -0.3 is 9.47 Å². The zero-order chi connectivity index (χ0) is 10.4. The molecule has 0 saturated carbocycles. The third-order valence-electron chi connectivity index (χ3n) is 1.93. The van der Waals surface area contributed by atoms with Crippen LogP contribution in [0.1, 0.15) is 18.6 Å². The van der Waals surface area contributed by atoms with E-state index in [4.69, 9.17) is 9.47 Å². The van der Waals surface area contributed by atoms with E-state index in [1.807, 2.05) is 31.2 Å². The fourth-order valence-electron chi connectivity index (χ4n) is 1.27. The maximum atomic E-state index is 5.57. The minimum Gasteiger partial charge on any atom is -0.382 e. The molecule has 3 heteroatoms. The van der Waals surface area contributed by atoms with Crippen LogP contribution < -0.4 is 0 Å². The Morgan fingerprint density at radius 3 is 2.43 bits per heavy atom. The number of hydrogen-bond donors (Lipinski definition) is 0. The molecule has 1 atom stereocenters. The Morgan fingerprint density at radius 1 is 1.29 bits per heavy atom. The van der Waals surface area contributed by atoms with Gasteiger partial charge in [0, 0.05) is 18.2 Å². The van der Waals surface area contributed by atoms with Gasteiger partial charge >= 0.3 is 0 Å². The van der Waals surface area contributed by atoms with Crippen molar-refractivity contribution in [2.75, 3.05) is 20.3 Å². The fourth-order valence-corrected chi connectivity index (χ4v) is 1.53. The Labute approximate surface area is 93.4 Å². The zero-order valence-corrected chi connectivity index (χ0v) is 10.1. The lowest BCUT2D eigenvalue weighted by Gasteiger charge is -2.16. The minimum atomic E-state index is 0.0399. The molecule has 0 unspecified atom stereocenters. The Bertz CT molecular complexity index is 252. The monoisotopic (exact) mass is 258 g/mol. The second-order valence-electron chi connectivity index (χ2n) is 2.95. The zero-order valence-electron chi connectivity index (χ0n) is 8.50. The minimum absolute atomic E-state index is 0.0399. The summed E-state index contributed by atoms with van der Waals surface area (Å²) in [6.07, 6.45) is 0.0399. The average molecular weight is 259 g/mol. The molecule has 14 heavy (non-hydrogen) atoms. The molecule has 0 fully saturated rings. The molecular formula is C11H15BrO2. The summed E-state index contributed by atoms with van der Waals surface area (Å²) in [5, 5.41) is 0. The SMILES string of the molecule is CCO[C@H](COC)c1ccc(Br)cc1. The second-order valence-corrected chi connectivity index (χ2v) is 3.87. The number of ether oxygens (including phenoxy) is 2. The topological polar surface area (TPSA) is 18.5 Å². The highest BCUT2D eigenvalue weighted by atomic mass is 79.9. The first-order chi connectivity index (χ1) is 6.77. The van der Waals surface area contributed by atoms with Gasteiger partial charge in [0.1, 0.15) is 6.10 Å². The third-order valence-corrected chi connectivity index (χ3v) is 2.46. The van der Waals surface area contributed by atoms with Gasteiger partial charge in [0.2, 0.25) is 0 Å². The first-order valence-corrected chi connectivity index (χ1v) is 5.43. The molecule has 1 rings (SSSR count). The van der Waals surface area contributed by atoms with Crippen molar-refractivity contribution in [3.05, 3.63) is 34.3 Å². The fraction of sp³-hybridized carbons (Fsp3) is 0.455. The van der Waals surface area contributed by atoms with Gasteiger partial charge in [-0.2, -0.15) is 0 Å². The summed E-state index contributed by atoms with van der Waals surface area (Å²) in [6.45, 7) is 3.28. The van der Waals surface area contributed by atoms with Crippen LogP contribution in [0.4, 0.5) is 0 Å². The number of benzene rings is 1. The summed E-state index contributed by atoms with van der Waals surface area (Å²) in [5.41, 5.74) is 1.15. The summed E-state index contributed by atoms with van der Waals surface area (Å²) in [5.74, 6) is 0. The quantitative estimate of drug-likeness (QED) is 0.808. The number of halogens is 1. The van der Waals surface area contributed by atoms with E-state index in [0.29, 0.717) is 13.2 Å². The Kier molecular flexibility index (Phi) is 5.15. The molecular weight excluding hydrogens is 244 g/mol. The molecule has 1 aromatic rings. The lowest BCUT2D eigenvalue weighted by molar-refractivity contribution is 0.00279. The predicted octanol–water partition coefficient (Wildman–Crippen LogP) is 3.17. The van der Waals surface area contributed by atoms with Crippen LogP contribution in [-0.4, -0.2) is 20.3 Å². The van der Waals surface area contributed by atoms with Gasteiger partial charge in [-0.3, -0.25) is 0 Å². The van der Waals surface area contributed by atoms with Crippen LogP contribution >= 0.6 is 15.9 Å². The summed E-state index contributed by atoms with van der Waals surface area (Å²) < 4.78 is 11.8. The lowest BCUT2D eigenvalue weighted by atomic mass is 10.1. The average Bonchev–Trinajstić information content (AvgIpc) is 2.19. The van der Waals surface area contributed by atoms with Crippen molar-refractivity contribution < 1.29 is 9.47 Å². The molecule has 0 saturated heterocycles. The highest BCUT2D eigenvalue weighted by Crippen LogP contribution is 2.20. The second kappa shape index (κ2) is 6.17. The number of hydrogen-bond acceptors (Lipinski definition) is 2. The molecule has 78 valence electrons. The van der Waals surface area contributed by atoms with E-state index >= 15 is 0 Å². The van der Waals surface area contributed by atoms with Gasteiger partial charge in [0.05, 0.1) is 6.61 Å². The molecule has 0 radical (unpaired) electrons. The van der Waals surface area contributed by atoms with E-state index < -0.39 is 0 Å². The molecule has 2 nitrogen and oxygen atoms in total. The van der Waals surface area contributed by atoms with Gasteiger partial charge in [-0.25, -0.2) is 0 Å². The highest BCUT2D eigenvalue weighted by Gasteiger charge is 2.10. The van der Waals surface area contributed by atoms with Gasteiger partial charge in [0.25, 0.3) is 0 Å². The molecule has 1 aromatic carbocycles. The molecule has 0 aromatic heterocycles. The van der Waals surface area contributed by atoms with E-state index in [2.05, 4.69) is 15.9 Å². The molecule has 0 N–H and O–H groups in total. The molecule has 0 amide bonds. The Hall–Kier alpha value is -0.380. The summed E-state index contributed by atoms with van der Waals surface area (Å²) in [6, 6.07) is 8.11. The van der Waals surface area contributed by atoms with Crippen LogP contribution in [0.15, 0.2) is 28.7 Å². The molecule has 0 heterocycles. The van der Waals surface area contributed by atoms with Crippen LogP contribution in [0, 0.1) is 0 Å². The van der Waals surface area contributed by atoms with E-state index in [1.165, 1.54) is 0 Å². The molecule has 0 bridgehead atoms. The van der Waals surface area contributed by atoms with Crippen LogP contribution in [0.2, 0.25) is 0 Å². The first kappa shape index (κ1) is 11.7. The van der Waals surface area contributed by atoms with E-state index in [9.17, 15) is 0 Å². The maximum Gasteiger partial charge on any atom is 0.106 e. The van der Waals surface area contributed by atoms with Crippen molar-refractivity contribution in [3.8, 4) is 0 Å². The number of rotatable bonds is 5. The van der Waals surface area contributed by atoms with Gasteiger partial charge in [-0.05, 0) is 24.6 Å². The normalized spacial score (nSPS) is 12.8. The van der Waals surface area contributed by atoms with Crippen LogP contribution in [0.25, 0.3) is 0 Å². The Morgan fingerprint density at radius 2 is 1.93 bits per heavy atom. The lowest BCUT2D eigenvalue weighted by Crippen LogP contribution is -2.10. The summed E-state index contributed by atoms with van der Waals surface area (Å²) in [4.78, 5) is 0. The van der Waals surface area contributed by atoms with Crippen LogP contribution in [-0.2, 0) is 9.47 Å². The molecule has 0 aliphatic carbocycles. The first-order valence-electron chi connectivity index (χ1n) is 4.64. The van der Waals surface area contributed by atoms with Crippen LogP contribution in [0.5, 0.6) is 0 Å². The largest absolute Gasteiger partial charge is 0.382 e. The van der Waals surface area contributed by atoms with Crippen molar-refractivity contribution in [2.45, 2.75) is 13.0 Å². The predicted molar refractivity (Wildman–Crippen MR) is 60.4 cm³/mol. The maximum absolute atomic E-state index is 5.57. The summed E-state index contributed by atoms with van der Waals surface area (Å²) in [7, 11) is 1.69. The van der Waals surface area contributed by atoms with E-state index in [1.54, 1.807) is 7.11 Å². The number of methoxy groups -OCH3 is 1. The van der Waals surface area contributed by atoms with Gasteiger partial charge in [0.15, 0.2) is 0 Å². The Balaban J connectivity index is 2.71. The van der Waals surface area contributed by atoms with Crippen LogP contribution in [0.3, 0.4) is 0 Å². The van der Waals surface area contributed by atoms with Crippen molar-refractivity contribution in [3.63, 3.8) is 0 Å². The molecule has 0 aliphatic rings. The van der Waals surface area contributed by atoms with Crippen molar-refractivity contribution in [1.29, 1.82) is 0 Å². The molecule has 0 spiro atoms. The van der Waals surface area contributed by atoms with E-state index in [0.717, 1.165) is 10.0 Å². The standard InChI is InChI=1S/C11H15BrO2/c1-3-14-11(8-13-2)9-4-6-10(12)7-5-9/h4-7,11H,3,8H2,1-2H3/t11-/m1/s1.